The summed E-state index contributed by atoms with van der Waals surface area (Å²) in [5, 5.41) is 8.68. The molecule has 148 valence electrons. The largest absolute Gasteiger partial charge is 0.426 e. The van der Waals surface area contributed by atoms with Gasteiger partial charge in [-0.25, -0.2) is 5.43 Å². The van der Waals surface area contributed by atoms with E-state index in [1.807, 2.05) is 17.5 Å². The smallest absolute Gasteiger partial charge is 0.319 e. The second-order valence-corrected chi connectivity index (χ2v) is 7.96. The lowest BCUT2D eigenvalue weighted by Gasteiger charge is -2.23. The van der Waals surface area contributed by atoms with Crippen molar-refractivity contribution in [3.63, 3.8) is 0 Å². The fraction of sp³-hybridized carbons (Fsp3) is 0.238. The molecule has 2 aliphatic heterocycles. The number of nitrogens with one attached hydrogen (secondary N) is 2. The molecule has 0 fully saturated rings. The van der Waals surface area contributed by atoms with Crippen LogP contribution in [0.3, 0.4) is 0 Å². The number of ether oxygens (including phenoxy) is 1. The number of thiophene rings is 1. The highest BCUT2D eigenvalue weighted by Gasteiger charge is 2.45. The summed E-state index contributed by atoms with van der Waals surface area (Å²) >= 11 is 1.50. The normalized spacial score (nSPS) is 21.9. The summed E-state index contributed by atoms with van der Waals surface area (Å²) in [6, 6.07) is 10.9. The Morgan fingerprint density at radius 3 is 2.59 bits per heavy atom. The number of amides is 2. The van der Waals surface area contributed by atoms with Gasteiger partial charge < -0.3 is 10.1 Å². The molecule has 3 heterocycles. The first-order valence-corrected chi connectivity index (χ1v) is 10.0. The number of hydrogen-bond donors (Lipinski definition) is 2. The van der Waals surface area contributed by atoms with Crippen LogP contribution in [0, 0.1) is 11.8 Å². The van der Waals surface area contributed by atoms with E-state index in [0.717, 1.165) is 10.4 Å². The van der Waals surface area contributed by atoms with Gasteiger partial charge in [0.05, 0.1) is 11.8 Å². The average molecular weight is 409 g/mol. The van der Waals surface area contributed by atoms with E-state index < -0.39 is 17.8 Å². The Morgan fingerprint density at radius 1 is 1.24 bits per heavy atom. The maximum Gasteiger partial charge on any atom is 0.319 e. The summed E-state index contributed by atoms with van der Waals surface area (Å²) in [5.74, 6) is -1.82. The predicted molar refractivity (Wildman–Crippen MR) is 110 cm³/mol. The Bertz CT molecular complexity index is 1020. The third-order valence-electron chi connectivity index (χ3n) is 5.00. The highest BCUT2D eigenvalue weighted by atomic mass is 32.1. The molecule has 0 spiro atoms. The Morgan fingerprint density at radius 2 is 2.00 bits per heavy atom. The first-order chi connectivity index (χ1) is 13.9. The Balaban J connectivity index is 1.66. The van der Waals surface area contributed by atoms with Crippen LogP contribution in [0.5, 0.6) is 0 Å². The predicted octanol–water partition coefficient (Wildman–Crippen LogP) is 3.13. The molecule has 2 aliphatic rings. The number of carbonyl (C=O) groups excluding carboxylic acids is 3. The zero-order valence-electron chi connectivity index (χ0n) is 15.8. The van der Waals surface area contributed by atoms with Gasteiger partial charge in [0.1, 0.15) is 5.76 Å². The van der Waals surface area contributed by atoms with Crippen molar-refractivity contribution < 1.29 is 19.1 Å². The van der Waals surface area contributed by atoms with Crippen LogP contribution in [-0.2, 0) is 19.1 Å². The summed E-state index contributed by atoms with van der Waals surface area (Å²) < 4.78 is 5.56. The van der Waals surface area contributed by atoms with Gasteiger partial charge in [0.15, 0.2) is 0 Å². The van der Waals surface area contributed by atoms with Crippen molar-refractivity contribution in [1.82, 2.24) is 5.43 Å². The maximum atomic E-state index is 12.8. The lowest BCUT2D eigenvalue weighted by molar-refractivity contribution is -0.139. The average Bonchev–Trinajstić information content (AvgIpc) is 3.40. The summed E-state index contributed by atoms with van der Waals surface area (Å²) in [6.07, 6.45) is 1.78. The molecule has 8 heteroatoms. The van der Waals surface area contributed by atoms with Crippen molar-refractivity contribution in [3.05, 3.63) is 58.3 Å². The first kappa shape index (κ1) is 19.1. The molecule has 0 saturated heterocycles. The van der Waals surface area contributed by atoms with Crippen molar-refractivity contribution in [2.45, 2.75) is 19.8 Å². The van der Waals surface area contributed by atoms with Gasteiger partial charge in [0, 0.05) is 34.7 Å². The van der Waals surface area contributed by atoms with Crippen LogP contribution >= 0.6 is 11.3 Å². The summed E-state index contributed by atoms with van der Waals surface area (Å²) in [7, 11) is 0. The number of hydrogen-bond acceptors (Lipinski definition) is 6. The molecule has 2 amide bonds. The minimum atomic E-state index is -0.599. The number of hydrazone groups is 1. The zero-order valence-corrected chi connectivity index (χ0v) is 16.7. The lowest BCUT2D eigenvalue weighted by atomic mass is 9.78. The van der Waals surface area contributed by atoms with Crippen LogP contribution in [0.25, 0.3) is 5.76 Å². The molecule has 0 aliphatic carbocycles. The third kappa shape index (κ3) is 3.71. The van der Waals surface area contributed by atoms with Crippen LogP contribution in [0.1, 0.15) is 30.2 Å². The van der Waals surface area contributed by atoms with Gasteiger partial charge in [-0.2, -0.15) is 5.10 Å². The number of anilines is 1. The van der Waals surface area contributed by atoms with E-state index in [2.05, 4.69) is 15.8 Å². The fourth-order valence-corrected chi connectivity index (χ4v) is 4.60. The van der Waals surface area contributed by atoms with Crippen molar-refractivity contribution in [2.75, 3.05) is 5.32 Å². The van der Waals surface area contributed by atoms with Crippen LogP contribution < -0.4 is 10.7 Å². The van der Waals surface area contributed by atoms with Crippen LogP contribution in [-0.4, -0.2) is 23.5 Å². The van der Waals surface area contributed by atoms with E-state index >= 15 is 0 Å². The molecule has 0 saturated carbocycles. The number of nitrogens with zero attached hydrogens (tertiary/aromatic N) is 1. The summed E-state index contributed by atoms with van der Waals surface area (Å²) in [6.45, 7) is 3.23. The Labute approximate surface area is 171 Å². The molecule has 2 aromatic rings. The van der Waals surface area contributed by atoms with E-state index in [9.17, 15) is 14.4 Å². The molecule has 3 atom stereocenters. The molecule has 2 N–H and O–H groups in total. The standard InChI is InChI=1S/C21H19N3O4S/c1-11-18(20(26)24-23-11)19(17-4-3-9-29-17)15-10-16(28-21(15)27)13-5-7-14(8-6-13)22-12(2)25/h3-10,15,18-19H,1-2H3,(H,22,25)(H,24,26). The second-order valence-electron chi connectivity index (χ2n) is 6.98. The topological polar surface area (TPSA) is 96.9 Å². The van der Waals surface area contributed by atoms with E-state index in [4.69, 9.17) is 4.74 Å². The van der Waals surface area contributed by atoms with Crippen LogP contribution in [0.4, 0.5) is 5.69 Å². The van der Waals surface area contributed by atoms with Gasteiger partial charge in [0.2, 0.25) is 11.8 Å². The molecular weight excluding hydrogens is 390 g/mol. The number of rotatable bonds is 5. The molecule has 0 radical (unpaired) electrons. The van der Waals surface area contributed by atoms with Gasteiger partial charge >= 0.3 is 5.97 Å². The molecule has 29 heavy (non-hydrogen) atoms. The molecule has 1 aromatic carbocycles. The SMILES string of the molecule is CC(=O)Nc1ccc(C2=CC(C(c3cccs3)C3C(=O)NN=C3C)C(=O)O2)cc1. The minimum Gasteiger partial charge on any atom is -0.426 e. The number of carbonyl (C=O) groups is 3. The van der Waals surface area contributed by atoms with Gasteiger partial charge in [0.25, 0.3) is 0 Å². The minimum absolute atomic E-state index is 0.157. The van der Waals surface area contributed by atoms with E-state index in [1.165, 1.54) is 18.3 Å². The molecule has 1 aromatic heterocycles. The second kappa shape index (κ2) is 7.63. The van der Waals surface area contributed by atoms with E-state index in [1.54, 1.807) is 37.3 Å². The van der Waals surface area contributed by atoms with Crippen molar-refractivity contribution >= 4 is 46.3 Å². The fourth-order valence-electron chi connectivity index (χ4n) is 3.69. The van der Waals surface area contributed by atoms with Gasteiger partial charge in [-0.15, -0.1) is 11.3 Å². The number of cyclic esters (lactones) is 1. The highest BCUT2D eigenvalue weighted by molar-refractivity contribution is 7.10. The van der Waals surface area contributed by atoms with E-state index in [0.29, 0.717) is 17.2 Å². The monoisotopic (exact) mass is 409 g/mol. The van der Waals surface area contributed by atoms with Crippen molar-refractivity contribution in [2.24, 2.45) is 16.9 Å². The Kier molecular flexibility index (Phi) is 5.02. The lowest BCUT2D eigenvalue weighted by Crippen LogP contribution is -2.33. The Hall–Kier alpha value is -3.26. The van der Waals surface area contributed by atoms with E-state index in [-0.39, 0.29) is 17.7 Å². The zero-order chi connectivity index (χ0) is 20.5. The summed E-state index contributed by atoms with van der Waals surface area (Å²) in [4.78, 5) is 37.3. The first-order valence-electron chi connectivity index (χ1n) is 9.13. The highest BCUT2D eigenvalue weighted by Crippen LogP contribution is 2.43. The summed E-state index contributed by atoms with van der Waals surface area (Å²) in [5.41, 5.74) is 4.55. The molecule has 4 rings (SSSR count). The molecule has 7 nitrogen and oxygen atoms in total. The van der Waals surface area contributed by atoms with Gasteiger partial charge in [-0.3, -0.25) is 14.4 Å². The number of esters is 1. The number of benzene rings is 1. The van der Waals surface area contributed by atoms with Crippen LogP contribution in [0.2, 0.25) is 0 Å². The van der Waals surface area contributed by atoms with Crippen molar-refractivity contribution in [3.8, 4) is 0 Å². The van der Waals surface area contributed by atoms with Crippen LogP contribution in [0.15, 0.2) is 53.0 Å². The molecule has 0 bridgehead atoms. The van der Waals surface area contributed by atoms with Gasteiger partial charge in [-0.05, 0) is 48.7 Å². The maximum absolute atomic E-state index is 12.8. The molecule has 3 unspecified atom stereocenters. The third-order valence-corrected chi connectivity index (χ3v) is 5.97. The van der Waals surface area contributed by atoms with Crippen molar-refractivity contribution in [1.29, 1.82) is 0 Å². The quantitative estimate of drug-likeness (QED) is 0.742. The molecular formula is C21H19N3O4S. The van der Waals surface area contributed by atoms with Gasteiger partial charge in [-0.1, -0.05) is 6.07 Å².